The number of nitrogens with one attached hydrogen (secondary N) is 2. The van der Waals surface area contributed by atoms with Crippen molar-refractivity contribution in [3.05, 3.63) is 192 Å². The summed E-state index contributed by atoms with van der Waals surface area (Å²) in [6.07, 6.45) is 2.99. The summed E-state index contributed by atoms with van der Waals surface area (Å²) in [5.74, 6) is 0.543. The van der Waals surface area contributed by atoms with Gasteiger partial charge >= 0.3 is 12.2 Å². The summed E-state index contributed by atoms with van der Waals surface area (Å²) in [5, 5.41) is 9.07. The number of carbonyl (C=O) groups excluding carboxylic acids is 4. The SMILES string of the molecule is O=C=Nc1ccc(Cc2ccc(NC(=O)Oc3ccc4ccccc4c3-c3c(OC(=O)Nc4ccc(Cc5ccc(N=C=O)cc5)cc4)ccc4ccccc34)cc2)cc1. The van der Waals surface area contributed by atoms with Crippen LogP contribution in [-0.4, -0.2) is 24.3 Å². The highest BCUT2D eigenvalue weighted by Crippen LogP contribution is 2.45. The van der Waals surface area contributed by atoms with E-state index in [1.807, 2.05) is 109 Å². The molecule has 8 aromatic carbocycles. The molecule has 10 nitrogen and oxygen atoms in total. The topological polar surface area (TPSA) is 136 Å². The third-order valence-electron chi connectivity index (χ3n) is 9.88. The first-order valence-electron chi connectivity index (χ1n) is 19.0. The number of hydrogen-bond acceptors (Lipinski definition) is 8. The Bertz CT molecular complexity index is 2750. The lowest BCUT2D eigenvalue weighted by molar-refractivity contribution is 0.213. The Morgan fingerprint density at radius 1 is 0.433 bits per heavy atom. The third-order valence-corrected chi connectivity index (χ3v) is 9.88. The molecule has 0 fully saturated rings. The second kappa shape index (κ2) is 17.8. The van der Waals surface area contributed by atoms with Gasteiger partial charge in [-0.25, -0.2) is 19.2 Å². The van der Waals surface area contributed by atoms with Crippen LogP contribution in [0.2, 0.25) is 0 Å². The van der Waals surface area contributed by atoms with Crippen molar-refractivity contribution in [2.75, 3.05) is 10.6 Å². The van der Waals surface area contributed by atoms with Crippen molar-refractivity contribution in [2.24, 2.45) is 9.98 Å². The first-order chi connectivity index (χ1) is 29.4. The Morgan fingerprint density at radius 2 is 0.783 bits per heavy atom. The van der Waals surface area contributed by atoms with E-state index < -0.39 is 12.2 Å². The molecule has 0 spiro atoms. The predicted molar refractivity (Wildman–Crippen MR) is 233 cm³/mol. The zero-order valence-electron chi connectivity index (χ0n) is 31.9. The number of carbonyl (C=O) groups is 2. The van der Waals surface area contributed by atoms with E-state index in [4.69, 9.17) is 9.47 Å². The Balaban J connectivity index is 1.03. The number of hydrogen-bond donors (Lipinski definition) is 2. The third kappa shape index (κ3) is 9.07. The molecular formula is C50H34N4O6. The Labute approximate surface area is 344 Å². The van der Waals surface area contributed by atoms with Gasteiger partial charge in [-0.05, 0) is 117 Å². The zero-order chi connectivity index (χ0) is 41.3. The minimum atomic E-state index is -0.696. The molecule has 0 saturated carbocycles. The van der Waals surface area contributed by atoms with Crippen LogP contribution in [0.4, 0.5) is 32.3 Å². The first-order valence-corrected chi connectivity index (χ1v) is 19.0. The van der Waals surface area contributed by atoms with Crippen molar-refractivity contribution in [3.8, 4) is 22.6 Å². The van der Waals surface area contributed by atoms with Crippen LogP contribution < -0.4 is 20.1 Å². The minimum absolute atomic E-state index is 0.272. The van der Waals surface area contributed by atoms with Crippen molar-refractivity contribution in [1.29, 1.82) is 0 Å². The molecule has 0 unspecified atom stereocenters. The highest BCUT2D eigenvalue weighted by molar-refractivity contribution is 6.11. The van der Waals surface area contributed by atoms with Crippen LogP contribution in [0.5, 0.6) is 11.5 Å². The Kier molecular flexibility index (Phi) is 11.4. The molecule has 0 bridgehead atoms. The normalized spacial score (nSPS) is 10.6. The lowest BCUT2D eigenvalue weighted by atomic mass is 9.92. The average molecular weight is 787 g/mol. The van der Waals surface area contributed by atoms with E-state index in [1.54, 1.807) is 72.8 Å². The molecule has 290 valence electrons. The van der Waals surface area contributed by atoms with Crippen LogP contribution in [0, 0.1) is 0 Å². The highest BCUT2D eigenvalue weighted by atomic mass is 16.6. The smallest absolute Gasteiger partial charge is 0.409 e. The summed E-state index contributed by atoms with van der Waals surface area (Å²) in [7, 11) is 0. The highest BCUT2D eigenvalue weighted by Gasteiger charge is 2.22. The summed E-state index contributed by atoms with van der Waals surface area (Å²) in [6, 6.07) is 52.3. The van der Waals surface area contributed by atoms with Crippen molar-refractivity contribution in [2.45, 2.75) is 12.8 Å². The molecular weight excluding hydrogens is 753 g/mol. The monoisotopic (exact) mass is 786 g/mol. The quantitative estimate of drug-likeness (QED) is 0.0989. The van der Waals surface area contributed by atoms with Gasteiger partial charge in [-0.1, -0.05) is 109 Å². The van der Waals surface area contributed by atoms with Crippen LogP contribution in [0.1, 0.15) is 22.3 Å². The summed E-state index contributed by atoms with van der Waals surface area (Å²) in [4.78, 5) is 55.5. The predicted octanol–water partition coefficient (Wildman–Crippen LogP) is 12.0. The van der Waals surface area contributed by atoms with E-state index in [1.165, 1.54) is 0 Å². The van der Waals surface area contributed by atoms with Gasteiger partial charge < -0.3 is 9.47 Å². The lowest BCUT2D eigenvalue weighted by Gasteiger charge is -2.19. The standard InChI is InChI=1S/C50H34N4O6/c55-31-51-39-19-9-33(10-20-39)29-35-13-23-41(24-14-35)53-49(57)59-45-27-17-37-5-1-3-7-43(37)47(45)48-44-8-4-2-6-38(44)18-28-46(48)60-50(58)54-42-25-15-36(16-26-42)30-34-11-21-40(22-12-34)52-32-56/h1-28H,29-30H2,(H,53,57)(H,54,58). The molecule has 0 aliphatic heterocycles. The van der Waals surface area contributed by atoms with E-state index in [2.05, 4.69) is 20.6 Å². The van der Waals surface area contributed by atoms with E-state index >= 15 is 0 Å². The van der Waals surface area contributed by atoms with Gasteiger partial charge in [0.1, 0.15) is 11.5 Å². The first kappa shape index (κ1) is 38.5. The van der Waals surface area contributed by atoms with E-state index in [0.717, 1.165) is 43.8 Å². The van der Waals surface area contributed by atoms with Crippen LogP contribution in [0.3, 0.4) is 0 Å². The molecule has 2 amide bonds. The van der Waals surface area contributed by atoms with Gasteiger partial charge in [0, 0.05) is 22.5 Å². The molecule has 2 N–H and O–H groups in total. The molecule has 0 saturated heterocycles. The molecule has 10 heteroatoms. The van der Waals surface area contributed by atoms with Crippen molar-refractivity contribution in [1.82, 2.24) is 0 Å². The summed E-state index contributed by atoms with van der Waals surface area (Å²) in [5.41, 5.74) is 7.45. The van der Waals surface area contributed by atoms with Gasteiger partial charge in [-0.3, -0.25) is 10.6 Å². The maximum Gasteiger partial charge on any atom is 0.417 e. The van der Waals surface area contributed by atoms with E-state index in [0.29, 0.717) is 46.7 Å². The number of benzene rings is 8. The fourth-order valence-corrected chi connectivity index (χ4v) is 7.04. The van der Waals surface area contributed by atoms with Gasteiger partial charge in [0.2, 0.25) is 12.2 Å². The van der Waals surface area contributed by atoms with Crippen molar-refractivity contribution < 1.29 is 28.7 Å². The molecule has 0 radical (unpaired) electrons. The molecule has 0 aliphatic rings. The fourth-order valence-electron chi connectivity index (χ4n) is 7.04. The number of anilines is 2. The van der Waals surface area contributed by atoms with Crippen LogP contribution in [-0.2, 0) is 22.4 Å². The Morgan fingerprint density at radius 3 is 1.15 bits per heavy atom. The number of amides is 2. The molecule has 60 heavy (non-hydrogen) atoms. The van der Waals surface area contributed by atoms with Gasteiger partial charge in [0.15, 0.2) is 0 Å². The molecule has 0 aliphatic carbocycles. The number of aliphatic imine (C=N–C) groups is 2. The number of isocyanates is 2. The molecule has 0 aromatic heterocycles. The maximum absolute atomic E-state index is 13.6. The summed E-state index contributed by atoms with van der Waals surface area (Å²) in [6.45, 7) is 0. The number of fused-ring (bicyclic) bond motifs is 2. The maximum atomic E-state index is 13.6. The van der Waals surface area contributed by atoms with Crippen LogP contribution >= 0.6 is 0 Å². The molecule has 0 atom stereocenters. The van der Waals surface area contributed by atoms with Gasteiger partial charge in [0.25, 0.3) is 0 Å². The molecule has 0 heterocycles. The molecule has 8 rings (SSSR count). The van der Waals surface area contributed by atoms with Gasteiger partial charge in [-0.2, -0.15) is 9.98 Å². The largest absolute Gasteiger partial charge is 0.417 e. The second-order valence-corrected chi connectivity index (χ2v) is 13.8. The average Bonchev–Trinajstić information content (AvgIpc) is 3.27. The fraction of sp³-hybridized carbons (Fsp3) is 0.0400. The van der Waals surface area contributed by atoms with Gasteiger partial charge in [0.05, 0.1) is 11.4 Å². The number of ether oxygens (including phenoxy) is 2. The summed E-state index contributed by atoms with van der Waals surface area (Å²) < 4.78 is 12.2. The van der Waals surface area contributed by atoms with Crippen LogP contribution in [0.15, 0.2) is 180 Å². The minimum Gasteiger partial charge on any atom is -0.409 e. The second-order valence-electron chi connectivity index (χ2n) is 13.8. The van der Waals surface area contributed by atoms with Gasteiger partial charge in [-0.15, -0.1) is 0 Å². The number of rotatable bonds is 11. The zero-order valence-corrected chi connectivity index (χ0v) is 31.9. The molecule has 8 aromatic rings. The van der Waals surface area contributed by atoms with E-state index in [-0.39, 0.29) is 11.5 Å². The Hall–Kier alpha value is -8.42. The van der Waals surface area contributed by atoms with E-state index in [9.17, 15) is 19.2 Å². The lowest BCUT2D eigenvalue weighted by Crippen LogP contribution is -2.18. The van der Waals surface area contributed by atoms with Crippen LogP contribution in [0.25, 0.3) is 32.7 Å². The summed E-state index contributed by atoms with van der Waals surface area (Å²) >= 11 is 0. The number of nitrogens with zero attached hydrogens (tertiary/aromatic N) is 2. The van der Waals surface area contributed by atoms with Crippen molar-refractivity contribution >= 4 is 68.6 Å². The van der Waals surface area contributed by atoms with Crippen molar-refractivity contribution in [3.63, 3.8) is 0 Å².